The Kier molecular flexibility index (Phi) is 4.24. The Balaban J connectivity index is 2.25. The number of rotatable bonds is 3. The lowest BCUT2D eigenvalue weighted by atomic mass is 10.0. The van der Waals surface area contributed by atoms with Crippen molar-refractivity contribution in [3.63, 3.8) is 0 Å². The third-order valence-corrected chi connectivity index (χ3v) is 3.88. The lowest BCUT2D eigenvalue weighted by Crippen LogP contribution is -2.27. The van der Waals surface area contributed by atoms with E-state index in [9.17, 15) is 0 Å². The highest BCUT2D eigenvalue weighted by Gasteiger charge is 2.23. The molecule has 1 aliphatic heterocycles. The second-order valence-corrected chi connectivity index (χ2v) is 6.10. The van der Waals surface area contributed by atoms with Gasteiger partial charge in [0.15, 0.2) is 5.17 Å². The molecule has 4 nitrogen and oxygen atoms in total. The zero-order chi connectivity index (χ0) is 13.9. The van der Waals surface area contributed by atoms with Crippen LogP contribution in [0.3, 0.4) is 0 Å². The van der Waals surface area contributed by atoms with Crippen LogP contribution in [0.1, 0.15) is 20.3 Å². The van der Waals surface area contributed by atoms with E-state index >= 15 is 0 Å². The number of hydrogen-bond acceptors (Lipinski definition) is 5. The monoisotopic (exact) mass is 280 g/mol. The Morgan fingerprint density at radius 2 is 2.05 bits per heavy atom. The number of nitrogens with one attached hydrogen (secondary N) is 1. The summed E-state index contributed by atoms with van der Waals surface area (Å²) in [5, 5.41) is 4.27. The Hall–Kier alpha value is -1.36. The summed E-state index contributed by atoms with van der Waals surface area (Å²) >= 11 is 1.74. The number of methoxy groups -OCH3 is 2. The van der Waals surface area contributed by atoms with E-state index in [1.54, 1.807) is 26.0 Å². The zero-order valence-electron chi connectivity index (χ0n) is 11.8. The lowest BCUT2D eigenvalue weighted by Gasteiger charge is -2.26. The van der Waals surface area contributed by atoms with Crippen molar-refractivity contribution >= 4 is 22.6 Å². The molecule has 1 aromatic rings. The zero-order valence-corrected chi connectivity index (χ0v) is 12.6. The molecule has 1 N–H and O–H groups in total. The molecule has 0 fully saturated rings. The Bertz CT molecular complexity index is 486. The van der Waals surface area contributed by atoms with Crippen LogP contribution in [0, 0.1) is 0 Å². The van der Waals surface area contributed by atoms with E-state index in [-0.39, 0.29) is 5.54 Å². The maximum Gasteiger partial charge on any atom is 0.161 e. The number of aliphatic imine (C=N–C) groups is 1. The third-order valence-electron chi connectivity index (χ3n) is 3.01. The van der Waals surface area contributed by atoms with Crippen molar-refractivity contribution < 1.29 is 9.47 Å². The molecule has 0 aromatic heterocycles. The Morgan fingerprint density at radius 3 is 2.68 bits per heavy atom. The fraction of sp³-hybridized carbons (Fsp3) is 0.500. The molecule has 0 spiro atoms. The molecule has 0 unspecified atom stereocenters. The van der Waals surface area contributed by atoms with Crippen molar-refractivity contribution in [1.29, 1.82) is 0 Å². The van der Waals surface area contributed by atoms with Crippen LogP contribution in [-0.4, -0.2) is 30.7 Å². The number of benzene rings is 1. The molecule has 0 amide bonds. The van der Waals surface area contributed by atoms with E-state index in [1.807, 2.05) is 18.2 Å². The van der Waals surface area contributed by atoms with Gasteiger partial charge in [0.1, 0.15) is 11.5 Å². The molecule has 0 saturated carbocycles. The minimum absolute atomic E-state index is 0.000312. The molecule has 104 valence electrons. The second kappa shape index (κ2) is 5.74. The molecular formula is C14H20N2O2S. The van der Waals surface area contributed by atoms with Crippen LogP contribution < -0.4 is 14.8 Å². The van der Waals surface area contributed by atoms with Gasteiger partial charge in [0.05, 0.1) is 25.4 Å². The van der Waals surface area contributed by atoms with Crippen molar-refractivity contribution in [1.82, 2.24) is 0 Å². The van der Waals surface area contributed by atoms with Gasteiger partial charge in [0, 0.05) is 11.8 Å². The van der Waals surface area contributed by atoms with E-state index < -0.39 is 0 Å². The molecule has 0 bridgehead atoms. The molecule has 19 heavy (non-hydrogen) atoms. The van der Waals surface area contributed by atoms with Crippen molar-refractivity contribution in [2.45, 2.75) is 25.8 Å². The summed E-state index contributed by atoms with van der Waals surface area (Å²) in [4.78, 5) is 4.71. The third kappa shape index (κ3) is 3.56. The van der Waals surface area contributed by atoms with Gasteiger partial charge < -0.3 is 14.8 Å². The minimum Gasteiger partial charge on any atom is -0.497 e. The quantitative estimate of drug-likeness (QED) is 0.921. The van der Waals surface area contributed by atoms with Gasteiger partial charge in [-0.15, -0.1) is 0 Å². The number of anilines is 1. The predicted octanol–water partition coefficient (Wildman–Crippen LogP) is 3.39. The molecule has 1 aromatic carbocycles. The summed E-state index contributed by atoms with van der Waals surface area (Å²) < 4.78 is 10.6. The summed E-state index contributed by atoms with van der Waals surface area (Å²) in [6, 6.07) is 5.69. The number of hydrogen-bond donors (Lipinski definition) is 1. The van der Waals surface area contributed by atoms with Gasteiger partial charge in [-0.05, 0) is 32.4 Å². The molecule has 0 aliphatic carbocycles. The SMILES string of the molecule is COc1ccc(OC)c(NC2=NC(C)(C)CCS2)c1. The van der Waals surface area contributed by atoms with Gasteiger partial charge in [0.2, 0.25) is 0 Å². The molecule has 0 saturated heterocycles. The van der Waals surface area contributed by atoms with Crippen molar-refractivity contribution in [2.24, 2.45) is 4.99 Å². The molecule has 0 radical (unpaired) electrons. The summed E-state index contributed by atoms with van der Waals surface area (Å²) in [6.07, 6.45) is 1.10. The number of amidine groups is 1. The fourth-order valence-electron chi connectivity index (χ4n) is 1.85. The first-order chi connectivity index (χ1) is 9.04. The molecule has 5 heteroatoms. The largest absolute Gasteiger partial charge is 0.497 e. The van der Waals surface area contributed by atoms with Crippen LogP contribution in [0.15, 0.2) is 23.2 Å². The van der Waals surface area contributed by atoms with Crippen molar-refractivity contribution in [3.8, 4) is 11.5 Å². The summed E-state index contributed by atoms with van der Waals surface area (Å²) in [5.41, 5.74) is 0.880. The van der Waals surface area contributed by atoms with Gasteiger partial charge in [-0.25, -0.2) is 0 Å². The van der Waals surface area contributed by atoms with Crippen molar-refractivity contribution in [2.75, 3.05) is 25.3 Å². The first-order valence-electron chi connectivity index (χ1n) is 6.26. The van der Waals surface area contributed by atoms with Gasteiger partial charge in [0.25, 0.3) is 0 Å². The van der Waals surface area contributed by atoms with E-state index in [2.05, 4.69) is 19.2 Å². The number of ether oxygens (including phenoxy) is 2. The van der Waals surface area contributed by atoms with Crippen LogP contribution >= 0.6 is 11.8 Å². The smallest absolute Gasteiger partial charge is 0.161 e. The number of thioether (sulfide) groups is 1. The second-order valence-electron chi connectivity index (χ2n) is 5.02. The lowest BCUT2D eigenvalue weighted by molar-refractivity contribution is 0.405. The topological polar surface area (TPSA) is 42.9 Å². The molecule has 0 atom stereocenters. The average Bonchev–Trinajstić information content (AvgIpc) is 2.37. The van der Waals surface area contributed by atoms with Gasteiger partial charge in [-0.3, -0.25) is 4.99 Å². The predicted molar refractivity (Wildman–Crippen MR) is 81.8 cm³/mol. The molecular weight excluding hydrogens is 260 g/mol. The van der Waals surface area contributed by atoms with Crippen LogP contribution in [0.2, 0.25) is 0 Å². The first kappa shape index (κ1) is 14.1. The van der Waals surface area contributed by atoms with E-state index in [0.717, 1.165) is 34.5 Å². The van der Waals surface area contributed by atoms with Gasteiger partial charge >= 0.3 is 0 Å². The maximum atomic E-state index is 5.36. The normalized spacial score (nSPS) is 17.6. The Labute approximate surface area is 118 Å². The average molecular weight is 280 g/mol. The van der Waals surface area contributed by atoms with Crippen LogP contribution in [0.4, 0.5) is 5.69 Å². The maximum absolute atomic E-state index is 5.36. The molecule has 1 heterocycles. The Morgan fingerprint density at radius 1 is 1.26 bits per heavy atom. The highest BCUT2D eigenvalue weighted by atomic mass is 32.2. The van der Waals surface area contributed by atoms with Gasteiger partial charge in [-0.2, -0.15) is 0 Å². The van der Waals surface area contributed by atoms with E-state index in [4.69, 9.17) is 14.5 Å². The fourth-order valence-corrected chi connectivity index (χ4v) is 3.14. The van der Waals surface area contributed by atoms with Crippen LogP contribution in [0.5, 0.6) is 11.5 Å². The standard InChI is InChI=1S/C14H20N2O2S/c1-14(2)7-8-19-13(16-14)15-11-9-10(17-3)5-6-12(11)18-4/h5-6,9H,7-8H2,1-4H3,(H,15,16). The highest BCUT2D eigenvalue weighted by molar-refractivity contribution is 8.14. The van der Waals surface area contributed by atoms with Gasteiger partial charge in [-0.1, -0.05) is 11.8 Å². The summed E-state index contributed by atoms with van der Waals surface area (Å²) in [7, 11) is 3.31. The minimum atomic E-state index is -0.000312. The summed E-state index contributed by atoms with van der Waals surface area (Å²) in [6.45, 7) is 4.30. The molecule has 1 aliphatic rings. The highest BCUT2D eigenvalue weighted by Crippen LogP contribution is 2.32. The number of nitrogens with zero attached hydrogens (tertiary/aromatic N) is 1. The van der Waals surface area contributed by atoms with Crippen molar-refractivity contribution in [3.05, 3.63) is 18.2 Å². The van der Waals surface area contributed by atoms with E-state index in [0.29, 0.717) is 0 Å². The van der Waals surface area contributed by atoms with Crippen LogP contribution in [-0.2, 0) is 0 Å². The van der Waals surface area contributed by atoms with Crippen LogP contribution in [0.25, 0.3) is 0 Å². The first-order valence-corrected chi connectivity index (χ1v) is 7.24. The summed E-state index contributed by atoms with van der Waals surface area (Å²) in [5.74, 6) is 2.65. The van der Waals surface area contributed by atoms with E-state index in [1.165, 1.54) is 0 Å². The molecule has 2 rings (SSSR count).